The SMILES string of the molecule is C.CN1CCCN(C(C)(C)C)CC1.CN1CCN(C(C)(C)C)CC1. The lowest BCUT2D eigenvalue weighted by Gasteiger charge is -2.41. The predicted molar refractivity (Wildman–Crippen MR) is 109 cm³/mol. The van der Waals surface area contributed by atoms with Crippen LogP contribution in [-0.4, -0.2) is 97.1 Å². The summed E-state index contributed by atoms with van der Waals surface area (Å²) in [6, 6.07) is 0. The summed E-state index contributed by atoms with van der Waals surface area (Å²) < 4.78 is 0. The van der Waals surface area contributed by atoms with E-state index in [4.69, 9.17) is 0 Å². The molecule has 0 aliphatic carbocycles. The smallest absolute Gasteiger partial charge is 0.0126 e. The average molecular weight is 343 g/mol. The van der Waals surface area contributed by atoms with Crippen molar-refractivity contribution >= 4 is 0 Å². The van der Waals surface area contributed by atoms with Crippen LogP contribution < -0.4 is 0 Å². The van der Waals surface area contributed by atoms with Crippen LogP contribution in [0.3, 0.4) is 0 Å². The zero-order chi connectivity index (χ0) is 17.7. The van der Waals surface area contributed by atoms with Crippen molar-refractivity contribution in [3.05, 3.63) is 0 Å². The van der Waals surface area contributed by atoms with Gasteiger partial charge in [0.15, 0.2) is 0 Å². The standard InChI is InChI=1S/C10H22N2.C9H20N2.CH4/c1-10(2,3)12-7-5-6-11(4)8-9-12;1-9(2,3)11-7-5-10(4)6-8-11;/h5-9H2,1-4H3;5-8H2,1-4H3;1H4. The van der Waals surface area contributed by atoms with E-state index >= 15 is 0 Å². The summed E-state index contributed by atoms with van der Waals surface area (Å²) in [6.07, 6.45) is 1.31. The Kier molecular flexibility index (Phi) is 10.0. The molecule has 0 N–H and O–H groups in total. The van der Waals surface area contributed by atoms with Gasteiger partial charge in [0.1, 0.15) is 0 Å². The highest BCUT2D eigenvalue weighted by atomic mass is 15.3. The van der Waals surface area contributed by atoms with Crippen molar-refractivity contribution in [1.29, 1.82) is 0 Å². The van der Waals surface area contributed by atoms with Crippen LogP contribution in [0.15, 0.2) is 0 Å². The van der Waals surface area contributed by atoms with Crippen molar-refractivity contribution in [2.75, 3.05) is 66.5 Å². The Morgan fingerprint density at radius 1 is 0.500 bits per heavy atom. The second-order valence-electron chi connectivity index (χ2n) is 9.28. The first-order valence-corrected chi connectivity index (χ1v) is 9.37. The van der Waals surface area contributed by atoms with Gasteiger partial charge in [0.05, 0.1) is 0 Å². The van der Waals surface area contributed by atoms with Gasteiger partial charge in [-0.2, -0.15) is 0 Å². The minimum absolute atomic E-state index is 0. The molecule has 0 radical (unpaired) electrons. The molecule has 0 aromatic rings. The highest BCUT2D eigenvalue weighted by Crippen LogP contribution is 2.15. The van der Waals surface area contributed by atoms with E-state index < -0.39 is 0 Å². The number of likely N-dealkylation sites (N-methyl/N-ethyl adjacent to an activating group) is 2. The summed E-state index contributed by atoms with van der Waals surface area (Å²) in [5.74, 6) is 0. The van der Waals surface area contributed by atoms with Crippen LogP contribution in [0.5, 0.6) is 0 Å². The lowest BCUT2D eigenvalue weighted by molar-refractivity contribution is 0.0735. The molecule has 2 heterocycles. The number of rotatable bonds is 0. The molecule has 146 valence electrons. The molecule has 0 amide bonds. The lowest BCUT2D eigenvalue weighted by atomic mass is 10.1. The third kappa shape index (κ3) is 8.80. The zero-order valence-electron chi connectivity index (χ0n) is 17.2. The fraction of sp³-hybridized carbons (Fsp3) is 1.00. The Morgan fingerprint density at radius 3 is 1.21 bits per heavy atom. The van der Waals surface area contributed by atoms with Crippen molar-refractivity contribution in [2.45, 2.75) is 66.5 Å². The molecule has 2 aliphatic rings. The minimum Gasteiger partial charge on any atom is -0.305 e. The average Bonchev–Trinajstić information content (AvgIpc) is 2.63. The fourth-order valence-electron chi connectivity index (χ4n) is 3.19. The fourth-order valence-corrected chi connectivity index (χ4v) is 3.19. The van der Waals surface area contributed by atoms with Crippen LogP contribution >= 0.6 is 0 Å². The normalized spacial score (nSPS) is 23.0. The van der Waals surface area contributed by atoms with E-state index in [0.717, 1.165) is 0 Å². The quantitative estimate of drug-likeness (QED) is 0.670. The van der Waals surface area contributed by atoms with Gasteiger partial charge in [-0.05, 0) is 75.1 Å². The summed E-state index contributed by atoms with van der Waals surface area (Å²) in [7, 11) is 4.41. The summed E-state index contributed by atoms with van der Waals surface area (Å²) >= 11 is 0. The maximum absolute atomic E-state index is 2.58. The third-order valence-corrected chi connectivity index (χ3v) is 5.12. The zero-order valence-corrected chi connectivity index (χ0v) is 17.2. The summed E-state index contributed by atoms with van der Waals surface area (Å²) in [4.78, 5) is 9.94. The highest BCUT2D eigenvalue weighted by molar-refractivity contribution is 4.81. The molecule has 0 unspecified atom stereocenters. The second kappa shape index (κ2) is 10.1. The number of piperazine rings is 1. The van der Waals surface area contributed by atoms with E-state index in [1.165, 1.54) is 58.8 Å². The van der Waals surface area contributed by atoms with Gasteiger partial charge in [-0.1, -0.05) is 7.43 Å². The van der Waals surface area contributed by atoms with Crippen molar-refractivity contribution in [2.24, 2.45) is 0 Å². The molecule has 0 bridgehead atoms. The first-order chi connectivity index (χ1) is 10.5. The summed E-state index contributed by atoms with van der Waals surface area (Å²) in [5.41, 5.74) is 0.715. The molecule has 0 aromatic carbocycles. The molecule has 2 aliphatic heterocycles. The Labute approximate surface area is 153 Å². The van der Waals surface area contributed by atoms with Gasteiger partial charge in [0.25, 0.3) is 0 Å². The Balaban J connectivity index is 0.000000425. The van der Waals surface area contributed by atoms with Crippen molar-refractivity contribution < 1.29 is 0 Å². The molecule has 0 spiro atoms. The molecule has 24 heavy (non-hydrogen) atoms. The topological polar surface area (TPSA) is 13.0 Å². The van der Waals surface area contributed by atoms with E-state index in [0.29, 0.717) is 11.1 Å². The van der Waals surface area contributed by atoms with Gasteiger partial charge in [-0.25, -0.2) is 0 Å². The maximum atomic E-state index is 2.58. The molecule has 0 saturated carbocycles. The van der Waals surface area contributed by atoms with Crippen molar-refractivity contribution in [1.82, 2.24) is 19.6 Å². The second-order valence-corrected chi connectivity index (χ2v) is 9.28. The number of hydrogen-bond donors (Lipinski definition) is 0. The van der Waals surface area contributed by atoms with Crippen molar-refractivity contribution in [3.8, 4) is 0 Å². The number of nitrogens with zero attached hydrogens (tertiary/aromatic N) is 4. The molecule has 2 saturated heterocycles. The van der Waals surface area contributed by atoms with Gasteiger partial charge >= 0.3 is 0 Å². The van der Waals surface area contributed by atoms with E-state index in [2.05, 4.69) is 75.2 Å². The van der Waals surface area contributed by atoms with Gasteiger partial charge in [0, 0.05) is 50.3 Å². The largest absolute Gasteiger partial charge is 0.305 e. The Hall–Kier alpha value is -0.160. The van der Waals surface area contributed by atoms with Crippen LogP contribution in [0.2, 0.25) is 0 Å². The first-order valence-electron chi connectivity index (χ1n) is 9.37. The Morgan fingerprint density at radius 2 is 0.833 bits per heavy atom. The highest BCUT2D eigenvalue weighted by Gasteiger charge is 2.24. The van der Waals surface area contributed by atoms with E-state index in [9.17, 15) is 0 Å². The molecule has 4 nitrogen and oxygen atoms in total. The summed E-state index contributed by atoms with van der Waals surface area (Å²) in [5, 5.41) is 0. The van der Waals surface area contributed by atoms with E-state index in [1.807, 2.05) is 0 Å². The van der Waals surface area contributed by atoms with Gasteiger partial charge in [0.2, 0.25) is 0 Å². The first kappa shape index (κ1) is 23.8. The van der Waals surface area contributed by atoms with Gasteiger partial charge < -0.3 is 9.80 Å². The number of hydrogen-bond acceptors (Lipinski definition) is 4. The van der Waals surface area contributed by atoms with Crippen LogP contribution in [0.1, 0.15) is 55.4 Å². The molecule has 2 fully saturated rings. The van der Waals surface area contributed by atoms with Gasteiger partial charge in [-0.3, -0.25) is 9.80 Å². The van der Waals surface area contributed by atoms with Crippen LogP contribution in [0.25, 0.3) is 0 Å². The maximum Gasteiger partial charge on any atom is 0.0126 e. The Bertz CT molecular complexity index is 322. The summed E-state index contributed by atoms with van der Waals surface area (Å²) in [6.45, 7) is 23.6. The predicted octanol–water partition coefficient (Wildman–Crippen LogP) is 3.09. The van der Waals surface area contributed by atoms with E-state index in [-0.39, 0.29) is 7.43 Å². The van der Waals surface area contributed by atoms with Crippen LogP contribution in [0.4, 0.5) is 0 Å². The van der Waals surface area contributed by atoms with E-state index in [1.54, 1.807) is 0 Å². The molecule has 2 rings (SSSR count). The van der Waals surface area contributed by atoms with Crippen LogP contribution in [0, 0.1) is 0 Å². The molecule has 0 aromatic heterocycles. The lowest BCUT2D eigenvalue weighted by Crippen LogP contribution is -2.52. The third-order valence-electron chi connectivity index (χ3n) is 5.12. The molecular weight excluding hydrogens is 296 g/mol. The molecule has 4 heteroatoms. The van der Waals surface area contributed by atoms with Crippen LogP contribution in [-0.2, 0) is 0 Å². The monoisotopic (exact) mass is 342 g/mol. The van der Waals surface area contributed by atoms with Gasteiger partial charge in [-0.15, -0.1) is 0 Å². The molecule has 0 atom stereocenters. The van der Waals surface area contributed by atoms with Crippen molar-refractivity contribution in [3.63, 3.8) is 0 Å². The minimum atomic E-state index is 0. The molecular formula is C20H46N4.